The minimum atomic E-state index is 0.0533. The SMILES string of the molecule is CCC(=O)NCCCNc1nc2c(C)cc(C)cc2cc1C#N. The van der Waals surface area contributed by atoms with Crippen LogP contribution in [0.15, 0.2) is 18.2 Å². The highest BCUT2D eigenvalue weighted by Gasteiger charge is 2.08. The zero-order chi connectivity index (χ0) is 16.8. The summed E-state index contributed by atoms with van der Waals surface area (Å²) >= 11 is 0. The second-order valence-corrected chi connectivity index (χ2v) is 5.63. The molecule has 5 nitrogen and oxygen atoms in total. The Hall–Kier alpha value is -2.61. The molecule has 0 saturated carbocycles. The number of rotatable bonds is 6. The molecule has 2 aromatic rings. The Labute approximate surface area is 136 Å². The maximum absolute atomic E-state index is 11.2. The van der Waals surface area contributed by atoms with Crippen molar-refractivity contribution in [1.82, 2.24) is 10.3 Å². The van der Waals surface area contributed by atoms with Crippen LogP contribution in [0, 0.1) is 25.2 Å². The normalized spacial score (nSPS) is 10.3. The van der Waals surface area contributed by atoms with E-state index in [9.17, 15) is 10.1 Å². The molecule has 5 heteroatoms. The fraction of sp³-hybridized carbons (Fsp3) is 0.389. The highest BCUT2D eigenvalue weighted by atomic mass is 16.1. The van der Waals surface area contributed by atoms with Gasteiger partial charge >= 0.3 is 0 Å². The third kappa shape index (κ3) is 4.19. The molecular weight excluding hydrogens is 288 g/mol. The van der Waals surface area contributed by atoms with E-state index in [0.717, 1.165) is 28.5 Å². The van der Waals surface area contributed by atoms with E-state index in [-0.39, 0.29) is 5.91 Å². The lowest BCUT2D eigenvalue weighted by Crippen LogP contribution is -2.24. The van der Waals surface area contributed by atoms with Crippen molar-refractivity contribution in [2.75, 3.05) is 18.4 Å². The molecule has 0 unspecified atom stereocenters. The third-order valence-electron chi connectivity index (χ3n) is 3.66. The van der Waals surface area contributed by atoms with Crippen LogP contribution in [0.25, 0.3) is 10.9 Å². The number of nitrogens with one attached hydrogen (secondary N) is 2. The highest BCUT2D eigenvalue weighted by molar-refractivity contribution is 5.86. The van der Waals surface area contributed by atoms with Crippen LogP contribution < -0.4 is 10.6 Å². The summed E-state index contributed by atoms with van der Waals surface area (Å²) in [5, 5.41) is 16.4. The maximum atomic E-state index is 11.2. The number of carbonyl (C=O) groups is 1. The number of hydrogen-bond donors (Lipinski definition) is 2. The molecule has 2 N–H and O–H groups in total. The monoisotopic (exact) mass is 310 g/mol. The van der Waals surface area contributed by atoms with Gasteiger partial charge in [0.2, 0.25) is 5.91 Å². The van der Waals surface area contributed by atoms with E-state index in [4.69, 9.17) is 0 Å². The zero-order valence-corrected chi connectivity index (χ0v) is 13.9. The maximum Gasteiger partial charge on any atom is 0.219 e. The van der Waals surface area contributed by atoms with Crippen molar-refractivity contribution in [1.29, 1.82) is 5.26 Å². The van der Waals surface area contributed by atoms with E-state index in [2.05, 4.69) is 27.8 Å². The number of hydrogen-bond acceptors (Lipinski definition) is 4. The molecule has 2 rings (SSSR count). The Morgan fingerprint density at radius 2 is 2.04 bits per heavy atom. The number of fused-ring (bicyclic) bond motifs is 1. The molecule has 0 saturated heterocycles. The van der Waals surface area contributed by atoms with E-state index in [0.29, 0.717) is 30.9 Å². The molecule has 23 heavy (non-hydrogen) atoms. The predicted octanol–water partition coefficient (Wildman–Crippen LogP) is 3.05. The first-order valence-electron chi connectivity index (χ1n) is 7.87. The fourth-order valence-corrected chi connectivity index (χ4v) is 2.52. The fourth-order valence-electron chi connectivity index (χ4n) is 2.52. The lowest BCUT2D eigenvalue weighted by molar-refractivity contribution is -0.120. The topological polar surface area (TPSA) is 77.8 Å². The lowest BCUT2D eigenvalue weighted by atomic mass is 10.1. The van der Waals surface area contributed by atoms with Crippen molar-refractivity contribution in [2.45, 2.75) is 33.6 Å². The van der Waals surface area contributed by atoms with Gasteiger partial charge < -0.3 is 10.6 Å². The molecule has 0 aliphatic carbocycles. The summed E-state index contributed by atoms with van der Waals surface area (Å²) < 4.78 is 0. The van der Waals surface area contributed by atoms with E-state index in [1.807, 2.05) is 32.9 Å². The van der Waals surface area contributed by atoms with Crippen LogP contribution in [0.2, 0.25) is 0 Å². The van der Waals surface area contributed by atoms with Gasteiger partial charge in [0.05, 0.1) is 11.1 Å². The van der Waals surface area contributed by atoms with Gasteiger partial charge in [0.15, 0.2) is 0 Å². The molecule has 1 heterocycles. The summed E-state index contributed by atoms with van der Waals surface area (Å²) in [6, 6.07) is 8.21. The molecule has 0 atom stereocenters. The molecule has 0 radical (unpaired) electrons. The number of nitriles is 1. The predicted molar refractivity (Wildman–Crippen MR) is 92.3 cm³/mol. The standard InChI is InChI=1S/C18H22N4O/c1-4-16(23)20-6-5-7-21-18-15(11-19)10-14-9-12(2)8-13(3)17(14)22-18/h8-10H,4-7H2,1-3H3,(H,20,23)(H,21,22). The number of pyridine rings is 1. The summed E-state index contributed by atoms with van der Waals surface area (Å²) in [5.74, 6) is 0.659. The van der Waals surface area contributed by atoms with Crippen LogP contribution in [-0.2, 0) is 4.79 Å². The second kappa shape index (κ2) is 7.59. The second-order valence-electron chi connectivity index (χ2n) is 5.63. The molecule has 120 valence electrons. The van der Waals surface area contributed by atoms with Gasteiger partial charge in [0.25, 0.3) is 0 Å². The molecule has 0 bridgehead atoms. The number of benzene rings is 1. The van der Waals surface area contributed by atoms with Crippen LogP contribution in [0.3, 0.4) is 0 Å². The number of nitrogens with zero attached hydrogens (tertiary/aromatic N) is 2. The number of carbonyl (C=O) groups excluding carboxylic acids is 1. The van der Waals surface area contributed by atoms with Gasteiger partial charge in [0.1, 0.15) is 11.9 Å². The summed E-state index contributed by atoms with van der Waals surface area (Å²) in [5.41, 5.74) is 3.72. The van der Waals surface area contributed by atoms with Crippen molar-refractivity contribution in [3.05, 3.63) is 34.9 Å². The minimum Gasteiger partial charge on any atom is -0.369 e. The van der Waals surface area contributed by atoms with Crippen LogP contribution in [0.4, 0.5) is 5.82 Å². The van der Waals surface area contributed by atoms with Crippen molar-refractivity contribution in [3.63, 3.8) is 0 Å². The number of aryl methyl sites for hydroxylation is 2. The number of amides is 1. The van der Waals surface area contributed by atoms with Gasteiger partial charge in [-0.2, -0.15) is 5.26 Å². The largest absolute Gasteiger partial charge is 0.369 e. The van der Waals surface area contributed by atoms with Gasteiger partial charge in [-0.1, -0.05) is 18.6 Å². The molecule has 0 aliphatic heterocycles. The minimum absolute atomic E-state index is 0.0533. The molecule has 1 aromatic carbocycles. The van der Waals surface area contributed by atoms with E-state index >= 15 is 0 Å². The van der Waals surface area contributed by atoms with Crippen molar-refractivity contribution in [2.24, 2.45) is 0 Å². The van der Waals surface area contributed by atoms with Gasteiger partial charge in [-0.25, -0.2) is 4.98 Å². The average Bonchev–Trinajstić information content (AvgIpc) is 2.53. The Morgan fingerprint density at radius 3 is 2.74 bits per heavy atom. The smallest absolute Gasteiger partial charge is 0.219 e. The van der Waals surface area contributed by atoms with Gasteiger partial charge in [-0.15, -0.1) is 0 Å². The first kappa shape index (κ1) is 16.8. The van der Waals surface area contributed by atoms with E-state index in [1.54, 1.807) is 0 Å². The van der Waals surface area contributed by atoms with Gasteiger partial charge in [-0.3, -0.25) is 4.79 Å². The molecule has 0 spiro atoms. The lowest BCUT2D eigenvalue weighted by Gasteiger charge is -2.11. The Kier molecular flexibility index (Phi) is 5.53. The third-order valence-corrected chi connectivity index (χ3v) is 3.66. The quantitative estimate of drug-likeness (QED) is 0.804. The Balaban J connectivity index is 2.11. The summed E-state index contributed by atoms with van der Waals surface area (Å²) in [6.07, 6.45) is 1.28. The highest BCUT2D eigenvalue weighted by Crippen LogP contribution is 2.24. The zero-order valence-electron chi connectivity index (χ0n) is 13.9. The van der Waals surface area contributed by atoms with Crippen molar-refractivity contribution >= 4 is 22.6 Å². The Bertz CT molecular complexity index is 762. The van der Waals surface area contributed by atoms with Crippen molar-refractivity contribution in [3.8, 4) is 6.07 Å². The van der Waals surface area contributed by atoms with Gasteiger partial charge in [-0.05, 0) is 38.0 Å². The average molecular weight is 310 g/mol. The molecule has 1 aromatic heterocycles. The first-order chi connectivity index (χ1) is 11.0. The Morgan fingerprint density at radius 1 is 1.26 bits per heavy atom. The van der Waals surface area contributed by atoms with Crippen LogP contribution in [0.1, 0.15) is 36.5 Å². The summed E-state index contributed by atoms with van der Waals surface area (Å²) in [6.45, 7) is 7.17. The summed E-state index contributed by atoms with van der Waals surface area (Å²) in [4.78, 5) is 15.8. The van der Waals surface area contributed by atoms with Crippen LogP contribution in [0.5, 0.6) is 0 Å². The number of aromatic nitrogens is 1. The molecule has 0 aliphatic rings. The van der Waals surface area contributed by atoms with Crippen LogP contribution in [-0.4, -0.2) is 24.0 Å². The molecule has 0 fully saturated rings. The first-order valence-corrected chi connectivity index (χ1v) is 7.87. The summed E-state index contributed by atoms with van der Waals surface area (Å²) in [7, 11) is 0. The van der Waals surface area contributed by atoms with Crippen molar-refractivity contribution < 1.29 is 4.79 Å². The van der Waals surface area contributed by atoms with E-state index in [1.165, 1.54) is 0 Å². The van der Waals surface area contributed by atoms with E-state index < -0.39 is 0 Å². The van der Waals surface area contributed by atoms with Gasteiger partial charge in [0, 0.05) is 24.9 Å². The molecular formula is C18H22N4O. The molecule has 1 amide bonds. The van der Waals surface area contributed by atoms with Crippen LogP contribution >= 0.6 is 0 Å². The number of anilines is 1.